The van der Waals surface area contributed by atoms with Gasteiger partial charge < -0.3 is 20.1 Å². The van der Waals surface area contributed by atoms with Gasteiger partial charge in [0.2, 0.25) is 0 Å². The monoisotopic (exact) mass is 486 g/mol. The summed E-state index contributed by atoms with van der Waals surface area (Å²) in [6, 6.07) is 0.214. The van der Waals surface area contributed by atoms with E-state index in [-0.39, 0.29) is 36.1 Å². The number of aliphatic imine (C=N–C) groups is 1. The first-order valence-electron chi connectivity index (χ1n) is 7.96. The Morgan fingerprint density at radius 1 is 1.62 bits per heavy atom. The van der Waals surface area contributed by atoms with Crippen LogP contribution in [0.2, 0.25) is 0 Å². The number of thiazole rings is 1. The number of halogens is 1. The summed E-state index contributed by atoms with van der Waals surface area (Å²) in [4.78, 5) is 8.51. The molecule has 24 heavy (non-hydrogen) atoms. The standard InChI is InChI=1S/C15H26N4O2S2.HI/c1-12(10-21-13-4-7-20-11-13)19-14(16-2)17-5-3-8-22-15-18-6-9-23-15;/h6,9,12-13H,3-5,7-8,10-11H2,1-2H3,(H2,16,17,19);1H. The van der Waals surface area contributed by atoms with Crippen LogP contribution in [0.3, 0.4) is 0 Å². The Labute approximate surface area is 169 Å². The highest BCUT2D eigenvalue weighted by atomic mass is 127. The van der Waals surface area contributed by atoms with Crippen LogP contribution in [0.1, 0.15) is 19.8 Å². The smallest absolute Gasteiger partial charge is 0.191 e. The van der Waals surface area contributed by atoms with Crippen LogP contribution >= 0.6 is 47.1 Å². The molecule has 2 heterocycles. The number of thioether (sulfide) groups is 1. The van der Waals surface area contributed by atoms with Crippen molar-refractivity contribution in [1.82, 2.24) is 15.6 Å². The molecule has 0 radical (unpaired) electrons. The van der Waals surface area contributed by atoms with Crippen molar-refractivity contribution in [3.63, 3.8) is 0 Å². The van der Waals surface area contributed by atoms with Gasteiger partial charge in [0.05, 0.1) is 19.3 Å². The summed E-state index contributed by atoms with van der Waals surface area (Å²) in [6.45, 7) is 5.18. The van der Waals surface area contributed by atoms with Crippen molar-refractivity contribution in [2.45, 2.75) is 36.3 Å². The molecule has 0 aromatic carbocycles. The predicted octanol–water partition coefficient (Wildman–Crippen LogP) is 2.60. The van der Waals surface area contributed by atoms with E-state index in [0.717, 1.165) is 48.7 Å². The Morgan fingerprint density at radius 2 is 2.50 bits per heavy atom. The summed E-state index contributed by atoms with van der Waals surface area (Å²) in [5, 5.41) is 8.70. The quantitative estimate of drug-likeness (QED) is 0.184. The Bertz CT molecular complexity index is 456. The third-order valence-corrected chi connectivity index (χ3v) is 5.38. The van der Waals surface area contributed by atoms with Gasteiger partial charge in [-0.05, 0) is 19.8 Å². The van der Waals surface area contributed by atoms with Crippen LogP contribution in [-0.4, -0.2) is 62.3 Å². The maximum atomic E-state index is 5.82. The zero-order valence-corrected chi connectivity index (χ0v) is 18.2. The fourth-order valence-electron chi connectivity index (χ4n) is 2.11. The largest absolute Gasteiger partial charge is 0.379 e. The molecule has 0 amide bonds. The van der Waals surface area contributed by atoms with Gasteiger partial charge in [-0.3, -0.25) is 4.99 Å². The summed E-state index contributed by atoms with van der Waals surface area (Å²) in [5.74, 6) is 1.88. The van der Waals surface area contributed by atoms with E-state index in [1.165, 1.54) is 0 Å². The summed E-state index contributed by atoms with van der Waals surface area (Å²) >= 11 is 3.49. The molecule has 1 aromatic rings. The molecule has 138 valence electrons. The number of nitrogens with zero attached hydrogens (tertiary/aromatic N) is 2. The topological polar surface area (TPSA) is 67.8 Å². The Morgan fingerprint density at radius 3 is 3.17 bits per heavy atom. The fourth-order valence-corrected chi connectivity index (χ4v) is 3.76. The second-order valence-corrected chi connectivity index (χ2v) is 7.60. The molecule has 1 saturated heterocycles. The highest BCUT2D eigenvalue weighted by Crippen LogP contribution is 2.20. The van der Waals surface area contributed by atoms with Crippen molar-refractivity contribution in [2.75, 3.05) is 39.2 Å². The summed E-state index contributed by atoms with van der Waals surface area (Å²) in [7, 11) is 1.79. The van der Waals surface area contributed by atoms with Crippen molar-refractivity contribution in [3.8, 4) is 0 Å². The van der Waals surface area contributed by atoms with E-state index in [9.17, 15) is 0 Å². The van der Waals surface area contributed by atoms with E-state index in [1.54, 1.807) is 30.1 Å². The first kappa shape index (κ1) is 21.9. The molecule has 1 aromatic heterocycles. The van der Waals surface area contributed by atoms with Crippen molar-refractivity contribution in [1.29, 1.82) is 0 Å². The van der Waals surface area contributed by atoms with Gasteiger partial charge in [-0.2, -0.15) is 0 Å². The average molecular weight is 486 g/mol. The van der Waals surface area contributed by atoms with Crippen molar-refractivity contribution in [3.05, 3.63) is 11.6 Å². The average Bonchev–Trinajstić information content (AvgIpc) is 3.25. The number of aromatic nitrogens is 1. The van der Waals surface area contributed by atoms with Crippen LogP contribution in [0.5, 0.6) is 0 Å². The van der Waals surface area contributed by atoms with Gasteiger partial charge >= 0.3 is 0 Å². The first-order chi connectivity index (χ1) is 11.3. The van der Waals surface area contributed by atoms with E-state index in [2.05, 4.69) is 27.5 Å². The molecule has 9 heteroatoms. The molecule has 2 rings (SSSR count). The second kappa shape index (κ2) is 13.2. The lowest BCUT2D eigenvalue weighted by Gasteiger charge is -2.19. The number of ether oxygens (including phenoxy) is 2. The molecule has 1 aliphatic rings. The third-order valence-electron chi connectivity index (χ3n) is 3.33. The SMILES string of the molecule is CN=C(NCCCSc1nccs1)NC(C)COC1CCOC1.I. The maximum absolute atomic E-state index is 5.82. The molecule has 2 N–H and O–H groups in total. The fraction of sp³-hybridized carbons (Fsp3) is 0.733. The molecule has 2 unspecified atom stereocenters. The molecule has 0 saturated carbocycles. The molecule has 2 atom stereocenters. The molecule has 0 bridgehead atoms. The van der Waals surface area contributed by atoms with Gasteiger partial charge in [-0.1, -0.05) is 11.8 Å². The van der Waals surface area contributed by atoms with Crippen LogP contribution in [0.15, 0.2) is 20.9 Å². The molecule has 1 aliphatic heterocycles. The van der Waals surface area contributed by atoms with E-state index < -0.39 is 0 Å². The lowest BCUT2D eigenvalue weighted by atomic mass is 10.3. The third kappa shape index (κ3) is 8.84. The summed E-state index contributed by atoms with van der Waals surface area (Å²) < 4.78 is 12.3. The first-order valence-corrected chi connectivity index (χ1v) is 9.83. The highest BCUT2D eigenvalue weighted by molar-refractivity contribution is 14.0. The Balaban J connectivity index is 0.00000288. The van der Waals surface area contributed by atoms with Crippen LogP contribution in [-0.2, 0) is 9.47 Å². The minimum Gasteiger partial charge on any atom is -0.379 e. The summed E-state index contributed by atoms with van der Waals surface area (Å²) in [6.07, 6.45) is 4.15. The number of nitrogens with one attached hydrogen (secondary N) is 2. The van der Waals surface area contributed by atoms with E-state index in [4.69, 9.17) is 9.47 Å². The van der Waals surface area contributed by atoms with E-state index >= 15 is 0 Å². The molecule has 0 aliphatic carbocycles. The minimum absolute atomic E-state index is 0. The van der Waals surface area contributed by atoms with Gasteiger partial charge in [0, 0.05) is 43.6 Å². The van der Waals surface area contributed by atoms with Gasteiger partial charge in [-0.15, -0.1) is 35.3 Å². The van der Waals surface area contributed by atoms with Gasteiger partial charge in [0.25, 0.3) is 0 Å². The zero-order valence-electron chi connectivity index (χ0n) is 14.2. The highest BCUT2D eigenvalue weighted by Gasteiger charge is 2.17. The van der Waals surface area contributed by atoms with E-state index in [0.29, 0.717) is 6.61 Å². The number of hydrogen-bond acceptors (Lipinski definition) is 6. The van der Waals surface area contributed by atoms with Crippen molar-refractivity contribution >= 4 is 53.0 Å². The second-order valence-electron chi connectivity index (χ2n) is 5.36. The predicted molar refractivity (Wildman–Crippen MR) is 112 cm³/mol. The molecule has 0 spiro atoms. The van der Waals surface area contributed by atoms with Gasteiger partial charge in [0.1, 0.15) is 4.34 Å². The molecule has 6 nitrogen and oxygen atoms in total. The number of rotatable bonds is 9. The van der Waals surface area contributed by atoms with Crippen LogP contribution in [0, 0.1) is 0 Å². The van der Waals surface area contributed by atoms with Gasteiger partial charge in [-0.25, -0.2) is 4.98 Å². The lowest BCUT2D eigenvalue weighted by molar-refractivity contribution is 0.0347. The van der Waals surface area contributed by atoms with Crippen molar-refractivity contribution in [2.24, 2.45) is 4.99 Å². The molecular weight excluding hydrogens is 459 g/mol. The molecule has 1 fully saturated rings. The lowest BCUT2D eigenvalue weighted by Crippen LogP contribution is -2.44. The normalized spacial score (nSPS) is 18.9. The number of guanidine groups is 1. The van der Waals surface area contributed by atoms with Gasteiger partial charge in [0.15, 0.2) is 5.96 Å². The van der Waals surface area contributed by atoms with Crippen LogP contribution in [0.25, 0.3) is 0 Å². The Kier molecular flexibility index (Phi) is 12.0. The van der Waals surface area contributed by atoms with Crippen LogP contribution < -0.4 is 10.6 Å². The summed E-state index contributed by atoms with van der Waals surface area (Å²) in [5.41, 5.74) is 0. The minimum atomic E-state index is 0. The number of hydrogen-bond donors (Lipinski definition) is 2. The maximum Gasteiger partial charge on any atom is 0.191 e. The molecular formula is C15H27IN4O2S2. The zero-order chi connectivity index (χ0) is 16.3. The van der Waals surface area contributed by atoms with Crippen LogP contribution in [0.4, 0.5) is 0 Å². The Hall–Kier alpha value is -0.100. The van der Waals surface area contributed by atoms with Crippen molar-refractivity contribution < 1.29 is 9.47 Å². The van der Waals surface area contributed by atoms with E-state index in [1.807, 2.05) is 11.6 Å².